The number of carbonyl (C=O) groups is 2. The fourth-order valence-corrected chi connectivity index (χ4v) is 3.38. The standard InChI is InChI=1S/C15H18N4O2S/c1-10(15(21)19-4-6-22-7-5-19)18-14(20)11-2-3-12-13(8-11)17-9-16-12/h2-3,8-10H,4-7H2,1H3,(H,16,17)(H,18,20)/t10-/m0/s1. The first kappa shape index (κ1) is 14.9. The Balaban J connectivity index is 1.65. The highest BCUT2D eigenvalue weighted by atomic mass is 32.2. The highest BCUT2D eigenvalue weighted by molar-refractivity contribution is 7.99. The van der Waals surface area contributed by atoms with Gasteiger partial charge in [-0.1, -0.05) is 0 Å². The molecule has 0 aliphatic carbocycles. The molecule has 0 saturated carbocycles. The van der Waals surface area contributed by atoms with E-state index in [1.165, 1.54) is 0 Å². The SMILES string of the molecule is C[C@H](NC(=O)c1ccc2nc[nH]c2c1)C(=O)N1CCSCC1. The predicted molar refractivity (Wildman–Crippen MR) is 86.9 cm³/mol. The monoisotopic (exact) mass is 318 g/mol. The van der Waals surface area contributed by atoms with Crippen LogP contribution in [0, 0.1) is 0 Å². The van der Waals surface area contributed by atoms with Crippen LogP contribution in [0.5, 0.6) is 0 Å². The van der Waals surface area contributed by atoms with Crippen LogP contribution in [0.25, 0.3) is 11.0 Å². The van der Waals surface area contributed by atoms with Gasteiger partial charge in [0, 0.05) is 30.2 Å². The molecule has 2 N–H and O–H groups in total. The van der Waals surface area contributed by atoms with E-state index in [0.29, 0.717) is 5.56 Å². The number of rotatable bonds is 3. The lowest BCUT2D eigenvalue weighted by Gasteiger charge is -2.29. The van der Waals surface area contributed by atoms with E-state index in [2.05, 4.69) is 15.3 Å². The second kappa shape index (κ2) is 6.39. The van der Waals surface area contributed by atoms with Crippen LogP contribution in [0.15, 0.2) is 24.5 Å². The van der Waals surface area contributed by atoms with Gasteiger partial charge < -0.3 is 15.2 Å². The Morgan fingerprint density at radius 3 is 2.91 bits per heavy atom. The van der Waals surface area contributed by atoms with Crippen LogP contribution in [0.3, 0.4) is 0 Å². The van der Waals surface area contributed by atoms with Gasteiger partial charge >= 0.3 is 0 Å². The van der Waals surface area contributed by atoms with Gasteiger partial charge in [-0.25, -0.2) is 4.98 Å². The molecule has 0 unspecified atom stereocenters. The highest BCUT2D eigenvalue weighted by Crippen LogP contribution is 2.13. The summed E-state index contributed by atoms with van der Waals surface area (Å²) in [5, 5.41) is 2.78. The Labute approximate surface area is 132 Å². The number of amides is 2. The van der Waals surface area contributed by atoms with Gasteiger partial charge in [-0.3, -0.25) is 9.59 Å². The molecular weight excluding hydrogens is 300 g/mol. The molecule has 1 aromatic carbocycles. The third-order valence-corrected chi connectivity index (χ3v) is 4.67. The molecule has 6 nitrogen and oxygen atoms in total. The zero-order chi connectivity index (χ0) is 15.5. The first-order chi connectivity index (χ1) is 10.6. The molecule has 2 aromatic rings. The van der Waals surface area contributed by atoms with Crippen molar-refractivity contribution in [2.24, 2.45) is 0 Å². The number of nitrogens with one attached hydrogen (secondary N) is 2. The molecule has 1 aliphatic heterocycles. The predicted octanol–water partition coefficient (Wildman–Crippen LogP) is 1.26. The lowest BCUT2D eigenvalue weighted by molar-refractivity contribution is -0.132. The fourth-order valence-electron chi connectivity index (χ4n) is 2.48. The van der Waals surface area contributed by atoms with Crippen LogP contribution < -0.4 is 5.32 Å². The molecular formula is C15H18N4O2S. The van der Waals surface area contributed by atoms with Gasteiger partial charge in [0.25, 0.3) is 5.91 Å². The summed E-state index contributed by atoms with van der Waals surface area (Å²) in [7, 11) is 0. The van der Waals surface area contributed by atoms with Crippen molar-refractivity contribution in [1.82, 2.24) is 20.2 Å². The van der Waals surface area contributed by atoms with Gasteiger partial charge in [0.05, 0.1) is 17.4 Å². The van der Waals surface area contributed by atoms with Crippen molar-refractivity contribution in [3.63, 3.8) is 0 Å². The van der Waals surface area contributed by atoms with E-state index in [1.54, 1.807) is 31.5 Å². The van der Waals surface area contributed by atoms with E-state index in [-0.39, 0.29) is 11.8 Å². The van der Waals surface area contributed by atoms with Gasteiger partial charge in [-0.2, -0.15) is 11.8 Å². The number of hydrogen-bond acceptors (Lipinski definition) is 4. The number of aromatic amines is 1. The minimum Gasteiger partial charge on any atom is -0.345 e. The Morgan fingerprint density at radius 2 is 2.14 bits per heavy atom. The fraction of sp³-hybridized carbons (Fsp3) is 0.400. The summed E-state index contributed by atoms with van der Waals surface area (Å²) in [6.45, 7) is 3.24. The number of imidazole rings is 1. The minimum absolute atomic E-state index is 0.0173. The first-order valence-corrected chi connectivity index (χ1v) is 8.41. The average Bonchev–Trinajstić information content (AvgIpc) is 3.02. The molecule has 1 saturated heterocycles. The molecule has 0 bridgehead atoms. The second-order valence-corrected chi connectivity index (χ2v) is 6.49. The summed E-state index contributed by atoms with van der Waals surface area (Å²) in [4.78, 5) is 33.5. The minimum atomic E-state index is -0.520. The Morgan fingerprint density at radius 1 is 1.36 bits per heavy atom. The van der Waals surface area contributed by atoms with Crippen molar-refractivity contribution in [3.8, 4) is 0 Å². The number of H-pyrrole nitrogens is 1. The van der Waals surface area contributed by atoms with Crippen molar-refractivity contribution in [2.45, 2.75) is 13.0 Å². The lowest BCUT2D eigenvalue weighted by Crippen LogP contribution is -2.49. The van der Waals surface area contributed by atoms with Crippen molar-refractivity contribution in [3.05, 3.63) is 30.1 Å². The maximum Gasteiger partial charge on any atom is 0.251 e. The number of benzene rings is 1. The first-order valence-electron chi connectivity index (χ1n) is 7.25. The summed E-state index contributed by atoms with van der Waals surface area (Å²) >= 11 is 1.85. The summed E-state index contributed by atoms with van der Waals surface area (Å²) in [6.07, 6.45) is 1.59. The number of hydrogen-bond donors (Lipinski definition) is 2. The van der Waals surface area contributed by atoms with Crippen molar-refractivity contribution in [2.75, 3.05) is 24.6 Å². The largest absolute Gasteiger partial charge is 0.345 e. The van der Waals surface area contributed by atoms with Gasteiger partial charge in [-0.15, -0.1) is 0 Å². The molecule has 1 aromatic heterocycles. The summed E-state index contributed by atoms with van der Waals surface area (Å²) in [6, 6.07) is 4.72. The number of fused-ring (bicyclic) bond motifs is 1. The van der Waals surface area contributed by atoms with Crippen LogP contribution in [-0.2, 0) is 4.79 Å². The van der Waals surface area contributed by atoms with Crippen LogP contribution in [-0.4, -0.2) is 57.3 Å². The molecule has 1 aliphatic rings. The van der Waals surface area contributed by atoms with Crippen molar-refractivity contribution in [1.29, 1.82) is 0 Å². The van der Waals surface area contributed by atoms with E-state index in [9.17, 15) is 9.59 Å². The third kappa shape index (κ3) is 3.09. The van der Waals surface area contributed by atoms with E-state index >= 15 is 0 Å². The average molecular weight is 318 g/mol. The van der Waals surface area contributed by atoms with Gasteiger partial charge in [-0.05, 0) is 25.1 Å². The van der Waals surface area contributed by atoms with Crippen molar-refractivity contribution < 1.29 is 9.59 Å². The summed E-state index contributed by atoms with van der Waals surface area (Å²) in [5.74, 6) is 1.66. The Kier molecular flexibility index (Phi) is 4.33. The molecule has 22 heavy (non-hydrogen) atoms. The Bertz CT molecular complexity index is 694. The lowest BCUT2D eigenvalue weighted by atomic mass is 10.1. The molecule has 116 valence electrons. The maximum absolute atomic E-state index is 12.3. The molecule has 1 atom stereocenters. The summed E-state index contributed by atoms with van der Waals surface area (Å²) < 4.78 is 0. The smallest absolute Gasteiger partial charge is 0.251 e. The van der Waals surface area contributed by atoms with Gasteiger partial charge in [0.15, 0.2) is 0 Å². The molecule has 7 heteroatoms. The van der Waals surface area contributed by atoms with Crippen molar-refractivity contribution >= 4 is 34.6 Å². The Hall–Kier alpha value is -2.02. The van der Waals surface area contributed by atoms with E-state index < -0.39 is 6.04 Å². The van der Waals surface area contributed by atoms with E-state index in [4.69, 9.17) is 0 Å². The molecule has 0 radical (unpaired) electrons. The molecule has 0 spiro atoms. The normalized spacial score (nSPS) is 16.5. The van der Waals surface area contributed by atoms with E-state index in [0.717, 1.165) is 35.6 Å². The van der Waals surface area contributed by atoms with Gasteiger partial charge in [0.2, 0.25) is 5.91 Å². The number of carbonyl (C=O) groups excluding carboxylic acids is 2. The quantitative estimate of drug-likeness (QED) is 0.893. The highest BCUT2D eigenvalue weighted by Gasteiger charge is 2.23. The second-order valence-electron chi connectivity index (χ2n) is 5.27. The molecule has 2 amide bonds. The molecule has 1 fully saturated rings. The molecule has 3 rings (SSSR count). The van der Waals surface area contributed by atoms with Gasteiger partial charge in [0.1, 0.15) is 6.04 Å². The zero-order valence-electron chi connectivity index (χ0n) is 12.3. The van der Waals surface area contributed by atoms with Crippen LogP contribution in [0.2, 0.25) is 0 Å². The van der Waals surface area contributed by atoms with E-state index in [1.807, 2.05) is 16.7 Å². The number of aromatic nitrogens is 2. The molecule has 2 heterocycles. The van der Waals surface area contributed by atoms with Crippen LogP contribution >= 0.6 is 11.8 Å². The zero-order valence-corrected chi connectivity index (χ0v) is 13.2. The summed E-state index contributed by atoms with van der Waals surface area (Å²) in [5.41, 5.74) is 2.14. The van der Waals surface area contributed by atoms with Crippen LogP contribution in [0.1, 0.15) is 17.3 Å². The number of thioether (sulfide) groups is 1. The van der Waals surface area contributed by atoms with Crippen LogP contribution in [0.4, 0.5) is 0 Å². The number of nitrogens with zero attached hydrogens (tertiary/aromatic N) is 2. The third-order valence-electron chi connectivity index (χ3n) is 3.72. The maximum atomic E-state index is 12.3. The topological polar surface area (TPSA) is 78.1 Å².